The van der Waals surface area contributed by atoms with Crippen LogP contribution in [0.4, 0.5) is 0 Å². The normalized spacial score (nSPS) is 10.8. The molecule has 0 aromatic heterocycles. The van der Waals surface area contributed by atoms with Crippen molar-refractivity contribution in [3.8, 4) is 22.6 Å². The number of benzene rings is 3. The number of nitrogens with one attached hydrogen (secondary N) is 1. The minimum Gasteiger partial charge on any atom is -0.496 e. The number of amides is 1. The fourth-order valence-corrected chi connectivity index (χ4v) is 3.60. The quantitative estimate of drug-likeness (QED) is 0.357. The monoisotopic (exact) mass is 479 g/mol. The molecule has 0 fully saturated rings. The molecule has 0 aliphatic carbocycles. The Hall–Kier alpha value is -3.77. The van der Waals surface area contributed by atoms with E-state index in [0.29, 0.717) is 28.7 Å². The number of carbonyl (C=O) groups is 2. The summed E-state index contributed by atoms with van der Waals surface area (Å²) in [5.41, 5.74) is 3.74. The molecule has 0 saturated heterocycles. The summed E-state index contributed by atoms with van der Waals surface area (Å²) in [5, 5.41) is 12.1. The SMILES string of the molecule is CCCOc1ccc(C(=O)NCc2cc(-c3cccc(C=CC(=O)O)c3)ccc2OC)c(Cl)c1. The number of carbonyl (C=O) groups excluding carboxylic acids is 1. The molecule has 0 unspecified atom stereocenters. The summed E-state index contributed by atoms with van der Waals surface area (Å²) in [4.78, 5) is 23.6. The number of rotatable bonds is 10. The van der Waals surface area contributed by atoms with Crippen molar-refractivity contribution in [1.29, 1.82) is 0 Å². The number of hydrogen-bond donors (Lipinski definition) is 2. The van der Waals surface area contributed by atoms with Crippen molar-refractivity contribution in [2.24, 2.45) is 0 Å². The molecule has 3 aromatic rings. The van der Waals surface area contributed by atoms with E-state index in [1.807, 2.05) is 49.4 Å². The smallest absolute Gasteiger partial charge is 0.328 e. The fraction of sp³-hybridized carbons (Fsp3) is 0.185. The first kappa shape index (κ1) is 24.9. The van der Waals surface area contributed by atoms with Crippen molar-refractivity contribution in [3.05, 3.63) is 88.5 Å². The van der Waals surface area contributed by atoms with Gasteiger partial charge in [0.1, 0.15) is 11.5 Å². The molecule has 0 bridgehead atoms. The van der Waals surface area contributed by atoms with Crippen molar-refractivity contribution in [1.82, 2.24) is 5.32 Å². The van der Waals surface area contributed by atoms with E-state index in [0.717, 1.165) is 34.8 Å². The van der Waals surface area contributed by atoms with Crippen LogP contribution in [0.1, 0.15) is 34.8 Å². The van der Waals surface area contributed by atoms with E-state index >= 15 is 0 Å². The summed E-state index contributed by atoms with van der Waals surface area (Å²) in [5.74, 6) is -0.0463. The van der Waals surface area contributed by atoms with Crippen LogP contribution < -0.4 is 14.8 Å². The number of methoxy groups -OCH3 is 1. The molecule has 1 amide bonds. The molecule has 6 nitrogen and oxygen atoms in total. The number of aliphatic carboxylic acids is 1. The van der Waals surface area contributed by atoms with Crippen molar-refractivity contribution in [2.45, 2.75) is 19.9 Å². The molecular weight excluding hydrogens is 454 g/mol. The highest BCUT2D eigenvalue weighted by Crippen LogP contribution is 2.28. The second-order valence-corrected chi connectivity index (χ2v) is 7.90. The summed E-state index contributed by atoms with van der Waals surface area (Å²) < 4.78 is 11.0. The summed E-state index contributed by atoms with van der Waals surface area (Å²) in [6.07, 6.45) is 3.52. The van der Waals surface area contributed by atoms with Gasteiger partial charge in [0.2, 0.25) is 0 Å². The van der Waals surface area contributed by atoms with Gasteiger partial charge in [-0.2, -0.15) is 0 Å². The highest BCUT2D eigenvalue weighted by Gasteiger charge is 2.13. The van der Waals surface area contributed by atoms with Gasteiger partial charge in [0.05, 0.1) is 24.3 Å². The first-order valence-electron chi connectivity index (χ1n) is 10.8. The van der Waals surface area contributed by atoms with Crippen LogP contribution in [0.15, 0.2) is 66.7 Å². The van der Waals surface area contributed by atoms with Crippen molar-refractivity contribution >= 4 is 29.6 Å². The van der Waals surface area contributed by atoms with Gasteiger partial charge in [-0.15, -0.1) is 0 Å². The third-order valence-electron chi connectivity index (χ3n) is 5.02. The van der Waals surface area contributed by atoms with Crippen LogP contribution in [0, 0.1) is 0 Å². The van der Waals surface area contributed by atoms with Gasteiger partial charge in [0.15, 0.2) is 0 Å². The number of carboxylic acids is 1. The van der Waals surface area contributed by atoms with Crippen LogP contribution >= 0.6 is 11.6 Å². The number of halogens is 1. The highest BCUT2D eigenvalue weighted by atomic mass is 35.5. The van der Waals surface area contributed by atoms with Crippen LogP contribution in [-0.2, 0) is 11.3 Å². The number of hydrogen-bond acceptors (Lipinski definition) is 4. The number of carboxylic acid groups (broad SMARTS) is 1. The molecular formula is C27H26ClNO5. The van der Waals surface area contributed by atoms with Gasteiger partial charge in [-0.3, -0.25) is 4.79 Å². The van der Waals surface area contributed by atoms with Crippen LogP contribution in [0.3, 0.4) is 0 Å². The molecule has 0 aliphatic rings. The lowest BCUT2D eigenvalue weighted by molar-refractivity contribution is -0.131. The van der Waals surface area contributed by atoms with Crippen LogP contribution in [-0.4, -0.2) is 30.7 Å². The molecule has 0 atom stereocenters. The zero-order valence-electron chi connectivity index (χ0n) is 19.0. The lowest BCUT2D eigenvalue weighted by Crippen LogP contribution is -2.23. The Bertz CT molecular complexity index is 1210. The Morgan fingerprint density at radius 3 is 2.56 bits per heavy atom. The minimum atomic E-state index is -1.00. The first-order valence-corrected chi connectivity index (χ1v) is 11.2. The molecule has 7 heteroatoms. The maximum atomic E-state index is 12.8. The van der Waals surface area contributed by atoms with Crippen molar-refractivity contribution in [2.75, 3.05) is 13.7 Å². The Balaban J connectivity index is 1.78. The predicted molar refractivity (Wildman–Crippen MR) is 134 cm³/mol. The molecule has 0 aliphatic heterocycles. The molecule has 0 heterocycles. The van der Waals surface area contributed by atoms with Gasteiger partial charge in [0, 0.05) is 18.2 Å². The standard InChI is InChI=1S/C27H26ClNO5/c1-3-13-34-22-9-10-23(24(28)16-22)27(32)29-17-21-15-20(8-11-25(21)33-2)19-6-4-5-18(14-19)7-12-26(30)31/h4-12,14-16H,3,13,17H2,1-2H3,(H,29,32)(H,30,31). The van der Waals surface area contributed by atoms with Crippen LogP contribution in [0.5, 0.6) is 11.5 Å². The molecule has 0 saturated carbocycles. The molecule has 176 valence electrons. The zero-order chi connectivity index (χ0) is 24.5. The van der Waals surface area contributed by atoms with Gasteiger partial charge in [-0.25, -0.2) is 4.79 Å². The third-order valence-corrected chi connectivity index (χ3v) is 5.33. The van der Waals surface area contributed by atoms with Gasteiger partial charge in [-0.05, 0) is 65.6 Å². The Kier molecular flexibility index (Phi) is 8.71. The van der Waals surface area contributed by atoms with E-state index < -0.39 is 5.97 Å². The average Bonchev–Trinajstić information content (AvgIpc) is 2.84. The molecule has 0 radical (unpaired) electrons. The average molecular weight is 480 g/mol. The molecule has 3 rings (SSSR count). The van der Waals surface area contributed by atoms with Gasteiger partial charge < -0.3 is 19.9 Å². The second-order valence-electron chi connectivity index (χ2n) is 7.50. The summed E-state index contributed by atoms with van der Waals surface area (Å²) >= 11 is 6.30. The summed E-state index contributed by atoms with van der Waals surface area (Å²) in [6, 6.07) is 18.2. The predicted octanol–water partition coefficient (Wildman–Crippen LogP) is 5.83. The lowest BCUT2D eigenvalue weighted by atomic mass is 10.00. The van der Waals surface area contributed by atoms with Crippen molar-refractivity contribution < 1.29 is 24.2 Å². The van der Waals surface area contributed by atoms with E-state index in [9.17, 15) is 9.59 Å². The second kappa shape index (κ2) is 11.9. The lowest BCUT2D eigenvalue weighted by Gasteiger charge is -2.13. The Labute approximate surface area is 203 Å². The van der Waals surface area contributed by atoms with E-state index in [1.54, 1.807) is 31.4 Å². The largest absolute Gasteiger partial charge is 0.496 e. The van der Waals surface area contributed by atoms with Gasteiger partial charge in [0.25, 0.3) is 5.91 Å². The highest BCUT2D eigenvalue weighted by molar-refractivity contribution is 6.34. The Morgan fingerprint density at radius 1 is 1.06 bits per heavy atom. The Morgan fingerprint density at radius 2 is 1.85 bits per heavy atom. The minimum absolute atomic E-state index is 0.235. The molecule has 2 N–H and O–H groups in total. The van der Waals surface area contributed by atoms with Gasteiger partial charge >= 0.3 is 5.97 Å². The van der Waals surface area contributed by atoms with Crippen LogP contribution in [0.25, 0.3) is 17.2 Å². The van der Waals surface area contributed by atoms with E-state index in [4.69, 9.17) is 26.2 Å². The third kappa shape index (κ3) is 6.62. The molecule has 0 spiro atoms. The van der Waals surface area contributed by atoms with E-state index in [-0.39, 0.29) is 12.5 Å². The van der Waals surface area contributed by atoms with E-state index in [1.165, 1.54) is 0 Å². The maximum absolute atomic E-state index is 12.8. The zero-order valence-corrected chi connectivity index (χ0v) is 19.8. The maximum Gasteiger partial charge on any atom is 0.328 e. The molecule has 3 aromatic carbocycles. The molecule has 34 heavy (non-hydrogen) atoms. The first-order chi connectivity index (χ1) is 16.4. The fourth-order valence-electron chi connectivity index (χ4n) is 3.35. The van der Waals surface area contributed by atoms with Crippen molar-refractivity contribution in [3.63, 3.8) is 0 Å². The van der Waals surface area contributed by atoms with E-state index in [2.05, 4.69) is 5.32 Å². The summed E-state index contributed by atoms with van der Waals surface area (Å²) in [6.45, 7) is 2.83. The number of ether oxygens (including phenoxy) is 2. The van der Waals surface area contributed by atoms with Gasteiger partial charge in [-0.1, -0.05) is 42.8 Å². The topological polar surface area (TPSA) is 84.9 Å². The summed E-state index contributed by atoms with van der Waals surface area (Å²) in [7, 11) is 1.57. The van der Waals surface area contributed by atoms with Crippen LogP contribution in [0.2, 0.25) is 5.02 Å².